The van der Waals surface area contributed by atoms with Crippen molar-refractivity contribution in [3.8, 4) is 0 Å². The molecule has 6 heteroatoms. The number of carboxylic acids is 1. The second-order valence-electron chi connectivity index (χ2n) is 3.89. The average molecular weight is 296 g/mol. The minimum absolute atomic E-state index is 0.123. The number of hydrogen-bond donors (Lipinski definition) is 2. The maximum absolute atomic E-state index is 12.0. The van der Waals surface area contributed by atoms with Gasteiger partial charge in [-0.1, -0.05) is 17.7 Å². The van der Waals surface area contributed by atoms with Crippen molar-refractivity contribution in [3.05, 3.63) is 50.7 Å². The van der Waals surface area contributed by atoms with Crippen molar-refractivity contribution in [1.29, 1.82) is 0 Å². The molecule has 0 fully saturated rings. The first-order valence-corrected chi connectivity index (χ1v) is 6.63. The number of carbonyl (C=O) groups is 2. The van der Waals surface area contributed by atoms with Crippen LogP contribution in [0.3, 0.4) is 0 Å². The molecule has 0 atom stereocenters. The first-order chi connectivity index (χ1) is 8.99. The molecule has 1 heterocycles. The molecule has 0 bridgehead atoms. The SMILES string of the molecule is Cc1ccc(C(=O)O)cc1NC(=O)c1sccc1Cl. The highest BCUT2D eigenvalue weighted by Gasteiger charge is 2.14. The average Bonchev–Trinajstić information content (AvgIpc) is 2.78. The largest absolute Gasteiger partial charge is 0.478 e. The number of carboxylic acid groups (broad SMARTS) is 1. The van der Waals surface area contributed by atoms with Crippen LogP contribution in [0.5, 0.6) is 0 Å². The van der Waals surface area contributed by atoms with Crippen LogP contribution < -0.4 is 5.32 Å². The van der Waals surface area contributed by atoms with E-state index in [1.807, 2.05) is 0 Å². The summed E-state index contributed by atoms with van der Waals surface area (Å²) in [6, 6.07) is 6.21. The Morgan fingerprint density at radius 2 is 2.05 bits per heavy atom. The Kier molecular flexibility index (Phi) is 3.87. The fraction of sp³-hybridized carbons (Fsp3) is 0.0769. The van der Waals surface area contributed by atoms with Gasteiger partial charge < -0.3 is 10.4 Å². The molecule has 0 spiro atoms. The van der Waals surface area contributed by atoms with Gasteiger partial charge in [0.25, 0.3) is 5.91 Å². The van der Waals surface area contributed by atoms with Crippen LogP contribution in [-0.2, 0) is 0 Å². The molecule has 2 rings (SSSR count). The second kappa shape index (κ2) is 5.42. The standard InChI is InChI=1S/C13H10ClNO3S/c1-7-2-3-8(13(17)18)6-10(7)15-12(16)11-9(14)4-5-19-11/h2-6H,1H3,(H,15,16)(H,17,18). The Labute approximate surface area is 118 Å². The van der Waals surface area contributed by atoms with Crippen molar-refractivity contribution in [3.63, 3.8) is 0 Å². The lowest BCUT2D eigenvalue weighted by molar-refractivity contribution is 0.0696. The van der Waals surface area contributed by atoms with Crippen molar-refractivity contribution in [2.45, 2.75) is 6.92 Å². The van der Waals surface area contributed by atoms with Gasteiger partial charge in [0.05, 0.1) is 10.6 Å². The van der Waals surface area contributed by atoms with Gasteiger partial charge in [-0.3, -0.25) is 4.79 Å². The molecular weight excluding hydrogens is 286 g/mol. The molecule has 0 aliphatic rings. The normalized spacial score (nSPS) is 10.2. The Bertz CT molecular complexity index is 651. The van der Waals surface area contributed by atoms with Crippen LogP contribution in [0.25, 0.3) is 0 Å². The number of anilines is 1. The summed E-state index contributed by atoms with van der Waals surface area (Å²) in [5.41, 5.74) is 1.37. The van der Waals surface area contributed by atoms with Crippen LogP contribution >= 0.6 is 22.9 Å². The minimum Gasteiger partial charge on any atom is -0.478 e. The van der Waals surface area contributed by atoms with Crippen LogP contribution in [0, 0.1) is 6.92 Å². The molecule has 1 amide bonds. The van der Waals surface area contributed by atoms with Gasteiger partial charge in [-0.15, -0.1) is 11.3 Å². The van der Waals surface area contributed by atoms with Crippen molar-refractivity contribution < 1.29 is 14.7 Å². The summed E-state index contributed by atoms with van der Waals surface area (Å²) in [7, 11) is 0. The van der Waals surface area contributed by atoms with Gasteiger partial charge in [0.2, 0.25) is 0 Å². The summed E-state index contributed by atoms with van der Waals surface area (Å²) >= 11 is 7.11. The van der Waals surface area contributed by atoms with E-state index in [1.54, 1.807) is 24.4 Å². The Balaban J connectivity index is 2.28. The highest BCUT2D eigenvalue weighted by molar-refractivity contribution is 7.12. The highest BCUT2D eigenvalue weighted by atomic mass is 35.5. The monoisotopic (exact) mass is 295 g/mol. The van der Waals surface area contributed by atoms with E-state index in [0.717, 1.165) is 5.56 Å². The van der Waals surface area contributed by atoms with Crippen LogP contribution in [-0.4, -0.2) is 17.0 Å². The number of amides is 1. The molecule has 0 radical (unpaired) electrons. The van der Waals surface area contributed by atoms with E-state index in [-0.39, 0.29) is 11.5 Å². The summed E-state index contributed by atoms with van der Waals surface area (Å²) in [5, 5.41) is 13.7. The van der Waals surface area contributed by atoms with E-state index < -0.39 is 5.97 Å². The zero-order valence-electron chi connectivity index (χ0n) is 9.94. The van der Waals surface area contributed by atoms with Gasteiger partial charge in [-0.05, 0) is 36.1 Å². The Morgan fingerprint density at radius 1 is 1.32 bits per heavy atom. The van der Waals surface area contributed by atoms with Gasteiger partial charge in [-0.2, -0.15) is 0 Å². The predicted octanol–water partition coefficient (Wildman–Crippen LogP) is 3.66. The van der Waals surface area contributed by atoms with Crippen LogP contribution in [0.2, 0.25) is 5.02 Å². The number of thiophene rings is 1. The van der Waals surface area contributed by atoms with E-state index in [1.165, 1.54) is 23.5 Å². The quantitative estimate of drug-likeness (QED) is 0.908. The molecule has 0 unspecified atom stereocenters. The maximum Gasteiger partial charge on any atom is 0.335 e. The smallest absolute Gasteiger partial charge is 0.335 e. The van der Waals surface area contributed by atoms with E-state index in [9.17, 15) is 9.59 Å². The lowest BCUT2D eigenvalue weighted by Crippen LogP contribution is -2.12. The number of carbonyl (C=O) groups excluding carboxylic acids is 1. The molecule has 4 nitrogen and oxygen atoms in total. The third-order valence-corrected chi connectivity index (χ3v) is 3.90. The summed E-state index contributed by atoms with van der Waals surface area (Å²) in [4.78, 5) is 23.3. The Hall–Kier alpha value is -1.85. The first-order valence-electron chi connectivity index (χ1n) is 5.37. The second-order valence-corrected chi connectivity index (χ2v) is 5.21. The molecule has 1 aromatic carbocycles. The van der Waals surface area contributed by atoms with Crippen LogP contribution in [0.4, 0.5) is 5.69 Å². The summed E-state index contributed by atoms with van der Waals surface area (Å²) in [5.74, 6) is -1.38. The molecule has 1 aromatic heterocycles. The molecule has 0 saturated heterocycles. The number of benzene rings is 1. The number of aryl methyl sites for hydroxylation is 1. The molecular formula is C13H10ClNO3S. The van der Waals surface area contributed by atoms with Crippen molar-refractivity contribution >= 4 is 40.5 Å². The number of halogens is 1. The first kappa shape index (κ1) is 13.6. The molecule has 0 saturated carbocycles. The third-order valence-electron chi connectivity index (χ3n) is 2.56. The predicted molar refractivity (Wildman–Crippen MR) is 75.4 cm³/mol. The topological polar surface area (TPSA) is 66.4 Å². The lowest BCUT2D eigenvalue weighted by Gasteiger charge is -2.08. The molecule has 0 aliphatic heterocycles. The van der Waals surface area contributed by atoms with E-state index in [2.05, 4.69) is 5.32 Å². The van der Waals surface area contributed by atoms with Crippen LogP contribution in [0.1, 0.15) is 25.6 Å². The summed E-state index contributed by atoms with van der Waals surface area (Å²) in [6.45, 7) is 1.79. The van der Waals surface area contributed by atoms with Gasteiger partial charge in [0, 0.05) is 5.69 Å². The fourth-order valence-electron chi connectivity index (χ4n) is 1.52. The maximum atomic E-state index is 12.0. The van der Waals surface area contributed by atoms with Crippen molar-refractivity contribution in [2.75, 3.05) is 5.32 Å². The van der Waals surface area contributed by atoms with Crippen molar-refractivity contribution in [2.24, 2.45) is 0 Å². The van der Waals surface area contributed by atoms with Gasteiger partial charge >= 0.3 is 5.97 Å². The van der Waals surface area contributed by atoms with E-state index >= 15 is 0 Å². The lowest BCUT2D eigenvalue weighted by atomic mass is 10.1. The fourth-order valence-corrected chi connectivity index (χ4v) is 2.56. The van der Waals surface area contributed by atoms with Gasteiger partial charge in [0.1, 0.15) is 4.88 Å². The van der Waals surface area contributed by atoms with Gasteiger partial charge in [0.15, 0.2) is 0 Å². The summed E-state index contributed by atoms with van der Waals surface area (Å²) in [6.07, 6.45) is 0. The Morgan fingerprint density at radius 3 is 2.63 bits per heavy atom. The van der Waals surface area contributed by atoms with Gasteiger partial charge in [-0.25, -0.2) is 4.79 Å². The number of rotatable bonds is 3. The third kappa shape index (κ3) is 2.94. The molecule has 2 N–H and O–H groups in total. The van der Waals surface area contributed by atoms with Crippen LogP contribution in [0.15, 0.2) is 29.6 Å². The van der Waals surface area contributed by atoms with E-state index in [4.69, 9.17) is 16.7 Å². The van der Waals surface area contributed by atoms with Crippen molar-refractivity contribution in [1.82, 2.24) is 0 Å². The van der Waals surface area contributed by atoms with E-state index in [0.29, 0.717) is 15.6 Å². The summed E-state index contributed by atoms with van der Waals surface area (Å²) < 4.78 is 0. The number of nitrogens with one attached hydrogen (secondary N) is 1. The molecule has 2 aromatic rings. The number of hydrogen-bond acceptors (Lipinski definition) is 3. The molecule has 98 valence electrons. The zero-order chi connectivity index (χ0) is 14.0. The highest BCUT2D eigenvalue weighted by Crippen LogP contribution is 2.24. The molecule has 0 aliphatic carbocycles. The molecule has 19 heavy (non-hydrogen) atoms. The number of aromatic carboxylic acids is 1. The minimum atomic E-state index is -1.04. The zero-order valence-corrected chi connectivity index (χ0v) is 11.5.